The van der Waals surface area contributed by atoms with Gasteiger partial charge in [0.25, 0.3) is 5.91 Å². The number of amides is 3. The number of hydrogen-bond acceptors (Lipinski definition) is 2. The summed E-state index contributed by atoms with van der Waals surface area (Å²) in [5, 5.41) is 2.94. The number of benzene rings is 1. The molecule has 0 saturated carbocycles. The third-order valence-corrected chi connectivity index (χ3v) is 3.64. The smallest absolute Gasteiger partial charge is 0.317 e. The largest absolute Gasteiger partial charge is 0.337 e. The van der Waals surface area contributed by atoms with E-state index >= 15 is 0 Å². The molecule has 1 heterocycles. The molecule has 1 aliphatic rings. The number of nitrogens with one attached hydrogen (secondary N) is 1. The molecule has 6 heteroatoms. The Hall–Kier alpha value is -2.11. The second kappa shape index (κ2) is 6.98. The molecule has 0 unspecified atom stereocenters. The number of halogens is 1. The Morgan fingerprint density at radius 3 is 2.17 bits per heavy atom. The van der Waals surface area contributed by atoms with Gasteiger partial charge in [-0.15, -0.1) is 0 Å². The second-order valence-corrected chi connectivity index (χ2v) is 6.82. The molecule has 1 N–H and O–H groups in total. The number of carbonyl (C=O) groups excluding carboxylic acids is 2. The Kier molecular flexibility index (Phi) is 5.23. The number of nitrogens with zero attached hydrogens (tertiary/aromatic N) is 2. The minimum atomic E-state index is -0.359. The highest BCUT2D eigenvalue weighted by Crippen LogP contribution is 2.11. The highest BCUT2D eigenvalue weighted by atomic mass is 19.1. The molecule has 0 spiro atoms. The van der Waals surface area contributed by atoms with Gasteiger partial charge in [0.1, 0.15) is 5.82 Å². The van der Waals surface area contributed by atoms with Crippen LogP contribution in [0.25, 0.3) is 0 Å². The first kappa shape index (κ1) is 17.2. The molecule has 126 valence electrons. The third kappa shape index (κ3) is 4.94. The maximum absolute atomic E-state index is 13.0. The summed E-state index contributed by atoms with van der Waals surface area (Å²) in [6, 6.07) is 5.45. The van der Waals surface area contributed by atoms with Crippen molar-refractivity contribution in [1.82, 2.24) is 15.1 Å². The van der Waals surface area contributed by atoms with Gasteiger partial charge in [-0.1, -0.05) is 0 Å². The van der Waals surface area contributed by atoms with E-state index in [1.54, 1.807) is 9.80 Å². The summed E-state index contributed by atoms with van der Waals surface area (Å²) >= 11 is 0. The summed E-state index contributed by atoms with van der Waals surface area (Å²) in [5.74, 6) is -0.481. The maximum Gasteiger partial charge on any atom is 0.317 e. The molecule has 0 aromatic heterocycles. The van der Waals surface area contributed by atoms with E-state index in [-0.39, 0.29) is 23.3 Å². The van der Waals surface area contributed by atoms with Gasteiger partial charge in [-0.05, 0) is 51.5 Å². The van der Waals surface area contributed by atoms with Gasteiger partial charge in [-0.25, -0.2) is 9.18 Å². The molecule has 3 amide bonds. The van der Waals surface area contributed by atoms with Crippen molar-refractivity contribution in [2.45, 2.75) is 32.7 Å². The number of hydrogen-bond donors (Lipinski definition) is 1. The summed E-state index contributed by atoms with van der Waals surface area (Å²) in [7, 11) is 0. The Morgan fingerprint density at radius 1 is 1.00 bits per heavy atom. The predicted octanol–water partition coefficient (Wildman–Crippen LogP) is 2.48. The fraction of sp³-hybridized carbons (Fsp3) is 0.529. The van der Waals surface area contributed by atoms with Crippen molar-refractivity contribution >= 4 is 11.9 Å². The lowest BCUT2D eigenvalue weighted by molar-refractivity contribution is 0.0762. The van der Waals surface area contributed by atoms with Gasteiger partial charge in [0.05, 0.1) is 0 Å². The predicted molar refractivity (Wildman–Crippen MR) is 86.8 cm³/mol. The highest BCUT2D eigenvalue weighted by Gasteiger charge is 2.24. The van der Waals surface area contributed by atoms with Gasteiger partial charge in [-0.2, -0.15) is 0 Å². The van der Waals surface area contributed by atoms with Gasteiger partial charge >= 0.3 is 6.03 Å². The summed E-state index contributed by atoms with van der Waals surface area (Å²) in [6.45, 7) is 8.00. The van der Waals surface area contributed by atoms with Crippen molar-refractivity contribution < 1.29 is 14.0 Å². The van der Waals surface area contributed by atoms with Crippen molar-refractivity contribution in [3.8, 4) is 0 Å². The van der Waals surface area contributed by atoms with Crippen molar-refractivity contribution in [1.29, 1.82) is 0 Å². The fourth-order valence-corrected chi connectivity index (χ4v) is 2.50. The van der Waals surface area contributed by atoms with E-state index in [4.69, 9.17) is 0 Å². The number of carbonyl (C=O) groups is 2. The van der Waals surface area contributed by atoms with E-state index in [0.29, 0.717) is 31.7 Å². The van der Waals surface area contributed by atoms with Gasteiger partial charge < -0.3 is 15.1 Å². The monoisotopic (exact) mass is 321 g/mol. The van der Waals surface area contributed by atoms with Crippen LogP contribution in [0.1, 0.15) is 37.6 Å². The molecule has 1 saturated heterocycles. The van der Waals surface area contributed by atoms with Crippen LogP contribution in [0.5, 0.6) is 0 Å². The van der Waals surface area contributed by atoms with E-state index in [1.807, 2.05) is 20.8 Å². The summed E-state index contributed by atoms with van der Waals surface area (Å²) in [5.41, 5.74) is 0.187. The lowest BCUT2D eigenvalue weighted by atomic mass is 10.1. The molecule has 0 bridgehead atoms. The van der Waals surface area contributed by atoms with Crippen LogP contribution in [0.15, 0.2) is 24.3 Å². The summed E-state index contributed by atoms with van der Waals surface area (Å²) in [6.07, 6.45) is 0.727. The third-order valence-electron chi connectivity index (χ3n) is 3.64. The van der Waals surface area contributed by atoms with Crippen LogP contribution in [0, 0.1) is 5.82 Å². The van der Waals surface area contributed by atoms with E-state index in [0.717, 1.165) is 6.42 Å². The maximum atomic E-state index is 13.0. The Morgan fingerprint density at radius 2 is 1.57 bits per heavy atom. The van der Waals surface area contributed by atoms with Crippen molar-refractivity contribution in [2.24, 2.45) is 0 Å². The normalized spacial score (nSPS) is 16.0. The molecular formula is C17H24FN3O2. The zero-order valence-electron chi connectivity index (χ0n) is 13.9. The highest BCUT2D eigenvalue weighted by molar-refractivity contribution is 5.94. The van der Waals surface area contributed by atoms with Crippen LogP contribution in [0.2, 0.25) is 0 Å². The van der Waals surface area contributed by atoms with E-state index in [9.17, 15) is 14.0 Å². The van der Waals surface area contributed by atoms with E-state index < -0.39 is 0 Å². The molecular weight excluding hydrogens is 297 g/mol. The Bertz CT molecular complexity index is 566. The molecule has 1 aromatic carbocycles. The quantitative estimate of drug-likeness (QED) is 0.864. The van der Waals surface area contributed by atoms with Crippen LogP contribution >= 0.6 is 0 Å². The van der Waals surface area contributed by atoms with Crippen LogP contribution in [-0.2, 0) is 0 Å². The van der Waals surface area contributed by atoms with Crippen LogP contribution in [-0.4, -0.2) is 53.5 Å². The lowest BCUT2D eigenvalue weighted by Gasteiger charge is -2.27. The first-order valence-electron chi connectivity index (χ1n) is 7.88. The van der Waals surface area contributed by atoms with E-state index in [1.165, 1.54) is 24.3 Å². The molecule has 1 aliphatic heterocycles. The molecule has 1 fully saturated rings. The SMILES string of the molecule is CC(C)(C)NC(=O)N1CCCN(C(=O)c2ccc(F)cc2)CC1. The second-order valence-electron chi connectivity index (χ2n) is 6.82. The average molecular weight is 321 g/mol. The standard InChI is InChI=1S/C17H24FN3O2/c1-17(2,3)19-16(23)21-10-4-9-20(11-12-21)15(22)13-5-7-14(18)8-6-13/h5-8H,4,9-12H2,1-3H3,(H,19,23). The molecule has 1 aromatic rings. The summed E-state index contributed by atoms with van der Waals surface area (Å²) < 4.78 is 13.0. The number of urea groups is 1. The van der Waals surface area contributed by atoms with Crippen molar-refractivity contribution in [3.63, 3.8) is 0 Å². The Labute approximate surface area is 136 Å². The average Bonchev–Trinajstić information content (AvgIpc) is 2.71. The zero-order valence-corrected chi connectivity index (χ0v) is 13.9. The summed E-state index contributed by atoms with van der Waals surface area (Å²) in [4.78, 5) is 28.1. The first-order valence-corrected chi connectivity index (χ1v) is 7.88. The van der Waals surface area contributed by atoms with Gasteiger partial charge in [0.15, 0.2) is 0 Å². The molecule has 2 rings (SSSR count). The molecule has 0 atom stereocenters. The minimum absolute atomic E-state index is 0.103. The van der Waals surface area contributed by atoms with Crippen LogP contribution < -0.4 is 5.32 Å². The van der Waals surface area contributed by atoms with Gasteiger partial charge in [-0.3, -0.25) is 4.79 Å². The first-order chi connectivity index (χ1) is 10.8. The zero-order chi connectivity index (χ0) is 17.0. The molecule has 0 radical (unpaired) electrons. The molecule has 5 nitrogen and oxygen atoms in total. The van der Waals surface area contributed by atoms with Crippen LogP contribution in [0.3, 0.4) is 0 Å². The van der Waals surface area contributed by atoms with Gasteiger partial charge in [0.2, 0.25) is 0 Å². The van der Waals surface area contributed by atoms with Crippen molar-refractivity contribution in [3.05, 3.63) is 35.6 Å². The topological polar surface area (TPSA) is 52.7 Å². The molecule has 0 aliphatic carbocycles. The minimum Gasteiger partial charge on any atom is -0.337 e. The van der Waals surface area contributed by atoms with Crippen molar-refractivity contribution in [2.75, 3.05) is 26.2 Å². The fourth-order valence-electron chi connectivity index (χ4n) is 2.50. The van der Waals surface area contributed by atoms with Crippen LogP contribution in [0.4, 0.5) is 9.18 Å². The molecule has 23 heavy (non-hydrogen) atoms. The lowest BCUT2D eigenvalue weighted by Crippen LogP contribution is -2.49. The number of rotatable bonds is 1. The van der Waals surface area contributed by atoms with Gasteiger partial charge in [0, 0.05) is 37.3 Å². The Balaban J connectivity index is 1.97. The van der Waals surface area contributed by atoms with E-state index in [2.05, 4.69) is 5.32 Å².